The summed E-state index contributed by atoms with van der Waals surface area (Å²) < 4.78 is 0. The molecule has 0 radical (unpaired) electrons. The molecule has 3 nitrogen and oxygen atoms in total. The van der Waals surface area contributed by atoms with E-state index >= 15 is 0 Å². The van der Waals surface area contributed by atoms with E-state index in [9.17, 15) is 4.79 Å². The van der Waals surface area contributed by atoms with Crippen molar-refractivity contribution in [3.8, 4) is 0 Å². The molecule has 1 heterocycles. The number of thioether (sulfide) groups is 1. The van der Waals surface area contributed by atoms with Gasteiger partial charge in [-0.1, -0.05) is 18.7 Å². The maximum atomic E-state index is 10.4. The second-order valence-electron chi connectivity index (χ2n) is 2.74. The normalized spacial score (nSPS) is 30.4. The first kappa shape index (κ1) is 7.88. The van der Waals surface area contributed by atoms with Gasteiger partial charge in [0.15, 0.2) is 0 Å². The van der Waals surface area contributed by atoms with Crippen molar-refractivity contribution in [2.45, 2.75) is 24.8 Å². The van der Waals surface area contributed by atoms with Gasteiger partial charge in [0, 0.05) is 0 Å². The maximum Gasteiger partial charge on any atom is 0.286 e. The van der Waals surface area contributed by atoms with Crippen LogP contribution in [0.3, 0.4) is 0 Å². The molecule has 1 aliphatic rings. The zero-order valence-electron chi connectivity index (χ0n) is 6.00. The highest BCUT2D eigenvalue weighted by molar-refractivity contribution is 8.01. The highest BCUT2D eigenvalue weighted by Gasteiger charge is 2.22. The Morgan fingerprint density at radius 2 is 2.40 bits per heavy atom. The van der Waals surface area contributed by atoms with Gasteiger partial charge in [-0.05, 0) is 11.8 Å². The van der Waals surface area contributed by atoms with Crippen LogP contribution in [0.15, 0.2) is 0 Å². The molecule has 0 bridgehead atoms. The van der Waals surface area contributed by atoms with Gasteiger partial charge in [0.05, 0.1) is 0 Å². The van der Waals surface area contributed by atoms with Gasteiger partial charge in [-0.3, -0.25) is 4.79 Å². The first-order chi connectivity index (χ1) is 4.51. The highest BCUT2D eigenvalue weighted by atomic mass is 32.2. The van der Waals surface area contributed by atoms with Gasteiger partial charge in [-0.25, -0.2) is 0 Å². The lowest BCUT2D eigenvalue weighted by Gasteiger charge is -2.33. The second-order valence-corrected chi connectivity index (χ2v) is 4.36. The molecule has 10 heavy (non-hydrogen) atoms. The standard InChI is InChI=1S/C6H10NO2S/c1-6(2)7-4(3-10-6)5(8)9/h4H,3H2,1-2H3,(H,8,9)/q-1. The van der Waals surface area contributed by atoms with Gasteiger partial charge in [-0.2, -0.15) is 11.8 Å². The van der Waals surface area contributed by atoms with E-state index in [0.717, 1.165) is 0 Å². The molecule has 0 aliphatic carbocycles. The number of nitrogens with zero attached hydrogens (tertiary/aromatic N) is 1. The Hall–Kier alpha value is -0.220. The summed E-state index contributed by atoms with van der Waals surface area (Å²) >= 11 is 1.59. The molecular weight excluding hydrogens is 150 g/mol. The van der Waals surface area contributed by atoms with Crippen molar-refractivity contribution in [1.29, 1.82) is 0 Å². The van der Waals surface area contributed by atoms with Gasteiger partial charge >= 0.3 is 0 Å². The molecule has 1 fully saturated rings. The Labute approximate surface area is 64.2 Å². The Morgan fingerprint density at radius 3 is 2.60 bits per heavy atom. The van der Waals surface area contributed by atoms with E-state index in [-0.39, 0.29) is 4.87 Å². The number of rotatable bonds is 1. The fraction of sp³-hybridized carbons (Fsp3) is 0.833. The summed E-state index contributed by atoms with van der Waals surface area (Å²) in [6.45, 7) is 3.86. The van der Waals surface area contributed by atoms with Crippen LogP contribution in [0, 0.1) is 0 Å². The molecule has 1 rings (SSSR count). The van der Waals surface area contributed by atoms with E-state index in [1.54, 1.807) is 11.8 Å². The van der Waals surface area contributed by atoms with Crippen LogP contribution in [-0.2, 0) is 4.79 Å². The third-order valence-electron chi connectivity index (χ3n) is 1.35. The van der Waals surface area contributed by atoms with Crippen LogP contribution in [0.4, 0.5) is 0 Å². The molecule has 1 atom stereocenters. The van der Waals surface area contributed by atoms with Gasteiger partial charge in [0.25, 0.3) is 5.97 Å². The van der Waals surface area contributed by atoms with Crippen molar-refractivity contribution in [3.63, 3.8) is 0 Å². The maximum absolute atomic E-state index is 10.4. The first-order valence-corrected chi connectivity index (χ1v) is 4.08. The molecule has 0 spiro atoms. The Morgan fingerprint density at radius 1 is 1.80 bits per heavy atom. The van der Waals surface area contributed by atoms with Crippen LogP contribution in [0.2, 0.25) is 0 Å². The molecule has 1 unspecified atom stereocenters. The van der Waals surface area contributed by atoms with Crippen molar-refractivity contribution in [2.24, 2.45) is 0 Å². The summed E-state index contributed by atoms with van der Waals surface area (Å²) in [6.07, 6.45) is 0. The molecule has 1 aliphatic heterocycles. The van der Waals surface area contributed by atoms with Gasteiger partial charge in [0.1, 0.15) is 0 Å². The molecule has 0 saturated carbocycles. The highest BCUT2D eigenvalue weighted by Crippen LogP contribution is 2.40. The third kappa shape index (κ3) is 1.64. The lowest BCUT2D eigenvalue weighted by molar-refractivity contribution is -0.137. The van der Waals surface area contributed by atoms with Gasteiger partial charge in [0.2, 0.25) is 0 Å². The number of hydrogen-bond donors (Lipinski definition) is 1. The van der Waals surface area contributed by atoms with E-state index < -0.39 is 12.0 Å². The van der Waals surface area contributed by atoms with Crippen LogP contribution >= 0.6 is 11.8 Å². The van der Waals surface area contributed by atoms with Crippen molar-refractivity contribution in [1.82, 2.24) is 0 Å². The van der Waals surface area contributed by atoms with Crippen molar-refractivity contribution in [2.75, 3.05) is 5.75 Å². The fourth-order valence-corrected chi connectivity index (χ4v) is 1.84. The van der Waals surface area contributed by atoms with Crippen LogP contribution in [0.1, 0.15) is 13.8 Å². The molecule has 0 aromatic carbocycles. The Bertz CT molecular complexity index is 158. The molecule has 0 aromatic heterocycles. The van der Waals surface area contributed by atoms with Crippen molar-refractivity contribution >= 4 is 17.7 Å². The number of carboxylic acid groups (broad SMARTS) is 1. The monoisotopic (exact) mass is 160 g/mol. The summed E-state index contributed by atoms with van der Waals surface area (Å²) in [7, 11) is 0. The molecule has 1 saturated heterocycles. The quantitative estimate of drug-likeness (QED) is 0.629. The minimum Gasteiger partial charge on any atom is -0.636 e. The van der Waals surface area contributed by atoms with Crippen LogP contribution in [0.5, 0.6) is 0 Å². The van der Waals surface area contributed by atoms with Crippen LogP contribution in [0.25, 0.3) is 5.32 Å². The SMILES string of the molecule is CC1(C)[N-]C(C(=O)O)CS1. The van der Waals surface area contributed by atoms with E-state index in [1.165, 1.54) is 0 Å². The molecule has 0 amide bonds. The lowest BCUT2D eigenvalue weighted by Crippen LogP contribution is -2.20. The van der Waals surface area contributed by atoms with Gasteiger partial charge < -0.3 is 10.4 Å². The van der Waals surface area contributed by atoms with Crippen LogP contribution < -0.4 is 0 Å². The average Bonchev–Trinajstić information content (AvgIpc) is 2.10. The second kappa shape index (κ2) is 2.43. The van der Waals surface area contributed by atoms with Crippen molar-refractivity contribution < 1.29 is 9.90 Å². The predicted octanol–water partition coefficient (Wildman–Crippen LogP) is 1.30. The third-order valence-corrected chi connectivity index (χ3v) is 2.64. The summed E-state index contributed by atoms with van der Waals surface area (Å²) in [6, 6.07) is -0.486. The smallest absolute Gasteiger partial charge is 0.286 e. The zero-order chi connectivity index (χ0) is 7.78. The minimum atomic E-state index is -0.807. The molecular formula is C6H10NO2S-. The van der Waals surface area contributed by atoms with E-state index in [1.807, 2.05) is 13.8 Å². The lowest BCUT2D eigenvalue weighted by atomic mass is 10.3. The van der Waals surface area contributed by atoms with E-state index in [4.69, 9.17) is 5.11 Å². The van der Waals surface area contributed by atoms with E-state index in [0.29, 0.717) is 5.75 Å². The Kier molecular flexibility index (Phi) is 1.92. The summed E-state index contributed by atoms with van der Waals surface area (Å²) in [5.74, 6) is -0.194. The number of carbonyl (C=O) groups is 1. The molecule has 1 N–H and O–H groups in total. The van der Waals surface area contributed by atoms with E-state index in [2.05, 4.69) is 5.32 Å². The zero-order valence-corrected chi connectivity index (χ0v) is 6.81. The number of carboxylic acids is 1. The average molecular weight is 160 g/mol. The molecule has 4 heteroatoms. The number of hydrogen-bond acceptors (Lipinski definition) is 2. The summed E-state index contributed by atoms with van der Waals surface area (Å²) in [5.41, 5.74) is 0. The first-order valence-electron chi connectivity index (χ1n) is 3.10. The van der Waals surface area contributed by atoms with Gasteiger partial charge in [-0.15, -0.1) is 0 Å². The Balaban J connectivity index is 2.51. The van der Waals surface area contributed by atoms with Crippen LogP contribution in [-0.4, -0.2) is 27.7 Å². The molecule has 58 valence electrons. The molecule has 0 aromatic rings. The minimum absolute atomic E-state index is 0.191. The van der Waals surface area contributed by atoms with Crippen molar-refractivity contribution in [3.05, 3.63) is 5.32 Å². The summed E-state index contributed by atoms with van der Waals surface area (Å²) in [4.78, 5) is 10.2. The fourth-order valence-electron chi connectivity index (χ4n) is 0.859. The predicted molar refractivity (Wildman–Crippen MR) is 41.3 cm³/mol. The number of aliphatic carboxylic acids is 1. The largest absolute Gasteiger partial charge is 0.636 e. The summed E-state index contributed by atoms with van der Waals surface area (Å²) in [5, 5.41) is 12.6. The topological polar surface area (TPSA) is 51.4 Å².